The molecule has 0 unspecified atom stereocenters. The van der Waals surface area contributed by atoms with Gasteiger partial charge in [0.25, 0.3) is 0 Å². The van der Waals surface area contributed by atoms with E-state index in [1.165, 1.54) is 0 Å². The predicted molar refractivity (Wildman–Crippen MR) is 56.4 cm³/mol. The second kappa shape index (κ2) is 6.29. The summed E-state index contributed by atoms with van der Waals surface area (Å²) in [5.74, 6) is -1.47. The summed E-state index contributed by atoms with van der Waals surface area (Å²) < 4.78 is 0. The minimum atomic E-state index is -1.17. The smallest absolute Gasteiger partial charge is 0.349 e. The average Bonchev–Trinajstić information content (AvgIpc) is 2.13. The van der Waals surface area contributed by atoms with E-state index in [4.69, 9.17) is 15.9 Å². The molecule has 14 heavy (non-hydrogen) atoms. The first-order valence-corrected chi connectivity index (χ1v) is 4.90. The summed E-state index contributed by atoms with van der Waals surface area (Å²) in [6.07, 6.45) is 2.62. The van der Waals surface area contributed by atoms with Crippen LogP contribution in [0.1, 0.15) is 39.5 Å². The molecule has 0 spiro atoms. The first-order chi connectivity index (χ1) is 6.52. The molecule has 0 fully saturated rings. The molecular formula is C10H18N2O2. The van der Waals surface area contributed by atoms with Crippen LogP contribution in [0.2, 0.25) is 0 Å². The summed E-state index contributed by atoms with van der Waals surface area (Å²) in [6, 6.07) is 0. The van der Waals surface area contributed by atoms with Crippen LogP contribution in [0.3, 0.4) is 0 Å². The molecule has 0 radical (unpaired) electrons. The molecule has 0 saturated heterocycles. The van der Waals surface area contributed by atoms with Crippen LogP contribution >= 0.6 is 0 Å². The lowest BCUT2D eigenvalue weighted by Crippen LogP contribution is -2.24. The van der Waals surface area contributed by atoms with Gasteiger partial charge in [-0.05, 0) is 19.3 Å². The number of aliphatic carboxylic acids is 1. The van der Waals surface area contributed by atoms with E-state index in [1.54, 1.807) is 0 Å². The number of hydrogen-bond donors (Lipinski definition) is 3. The van der Waals surface area contributed by atoms with Crippen LogP contribution in [-0.4, -0.2) is 22.5 Å². The van der Waals surface area contributed by atoms with Crippen molar-refractivity contribution in [2.45, 2.75) is 39.5 Å². The Morgan fingerprint density at radius 1 is 1.36 bits per heavy atom. The van der Waals surface area contributed by atoms with Gasteiger partial charge < -0.3 is 10.5 Å². The van der Waals surface area contributed by atoms with E-state index in [2.05, 4.69) is 0 Å². The van der Waals surface area contributed by atoms with E-state index in [-0.39, 0.29) is 11.6 Å². The lowest BCUT2D eigenvalue weighted by Gasteiger charge is -2.13. The van der Waals surface area contributed by atoms with Crippen molar-refractivity contribution in [3.63, 3.8) is 0 Å². The first kappa shape index (κ1) is 12.8. The highest BCUT2D eigenvalue weighted by molar-refractivity contribution is 6.35. The molecule has 0 saturated carbocycles. The molecule has 0 rings (SSSR count). The fourth-order valence-corrected chi connectivity index (χ4v) is 1.33. The molecule has 0 aliphatic rings. The van der Waals surface area contributed by atoms with Gasteiger partial charge in [0.05, 0.1) is 0 Å². The standard InChI is InChI=1S/C10H18N2O2/c1-3-5-8(11)6-7(4-2)9(12)10(13)14/h7,11-12H,3-6H2,1-2H3,(H,13,14)/t7-/m0/s1. The average molecular weight is 198 g/mol. The lowest BCUT2D eigenvalue weighted by atomic mass is 9.92. The largest absolute Gasteiger partial charge is 0.477 e. The summed E-state index contributed by atoms with van der Waals surface area (Å²) in [4.78, 5) is 10.5. The molecule has 1 atom stereocenters. The van der Waals surface area contributed by atoms with Gasteiger partial charge in [0.2, 0.25) is 0 Å². The Kier molecular flexibility index (Phi) is 5.76. The predicted octanol–water partition coefficient (Wildman–Crippen LogP) is 2.33. The van der Waals surface area contributed by atoms with Crippen LogP contribution < -0.4 is 0 Å². The Morgan fingerprint density at radius 3 is 2.29 bits per heavy atom. The Balaban J connectivity index is 4.22. The Hall–Kier alpha value is -1.19. The molecule has 0 bridgehead atoms. The van der Waals surface area contributed by atoms with Crippen molar-refractivity contribution >= 4 is 17.4 Å². The summed E-state index contributed by atoms with van der Waals surface area (Å²) in [5, 5.41) is 23.5. The van der Waals surface area contributed by atoms with Crippen LogP contribution in [0.25, 0.3) is 0 Å². The van der Waals surface area contributed by atoms with Gasteiger partial charge in [-0.1, -0.05) is 20.3 Å². The summed E-state index contributed by atoms with van der Waals surface area (Å²) in [7, 11) is 0. The van der Waals surface area contributed by atoms with Gasteiger partial charge in [-0.15, -0.1) is 0 Å². The van der Waals surface area contributed by atoms with E-state index >= 15 is 0 Å². The van der Waals surface area contributed by atoms with Crippen molar-refractivity contribution in [2.24, 2.45) is 5.92 Å². The second-order valence-electron chi connectivity index (χ2n) is 3.38. The van der Waals surface area contributed by atoms with Gasteiger partial charge in [-0.2, -0.15) is 0 Å². The third kappa shape index (κ3) is 4.16. The van der Waals surface area contributed by atoms with E-state index in [9.17, 15) is 4.79 Å². The maximum atomic E-state index is 10.5. The number of carboxylic acids is 1. The van der Waals surface area contributed by atoms with Crippen LogP contribution in [0.4, 0.5) is 0 Å². The topological polar surface area (TPSA) is 85.0 Å². The maximum absolute atomic E-state index is 10.5. The Morgan fingerprint density at radius 2 is 1.93 bits per heavy atom. The molecule has 80 valence electrons. The lowest BCUT2D eigenvalue weighted by molar-refractivity contribution is -0.129. The highest BCUT2D eigenvalue weighted by atomic mass is 16.4. The molecular weight excluding hydrogens is 180 g/mol. The number of nitrogens with one attached hydrogen (secondary N) is 2. The molecule has 0 amide bonds. The molecule has 0 aromatic rings. The molecule has 0 aromatic carbocycles. The van der Waals surface area contributed by atoms with Crippen molar-refractivity contribution in [2.75, 3.05) is 0 Å². The summed E-state index contributed by atoms with van der Waals surface area (Å²) in [6.45, 7) is 3.83. The van der Waals surface area contributed by atoms with Gasteiger partial charge >= 0.3 is 5.97 Å². The highest BCUT2D eigenvalue weighted by Crippen LogP contribution is 2.12. The highest BCUT2D eigenvalue weighted by Gasteiger charge is 2.19. The van der Waals surface area contributed by atoms with Crippen LogP contribution in [-0.2, 0) is 4.79 Å². The van der Waals surface area contributed by atoms with Crippen LogP contribution in [0.5, 0.6) is 0 Å². The van der Waals surface area contributed by atoms with Crippen LogP contribution in [0, 0.1) is 16.7 Å². The number of hydrogen-bond acceptors (Lipinski definition) is 3. The van der Waals surface area contributed by atoms with Crippen molar-refractivity contribution in [3.05, 3.63) is 0 Å². The number of rotatable bonds is 7. The third-order valence-corrected chi connectivity index (χ3v) is 2.18. The van der Waals surface area contributed by atoms with Gasteiger partial charge in [-0.25, -0.2) is 4.79 Å². The SMILES string of the molecule is CCCC(=N)C[C@H](CC)C(=N)C(=O)O. The molecule has 0 aliphatic carbocycles. The molecule has 0 aromatic heterocycles. The zero-order valence-corrected chi connectivity index (χ0v) is 8.76. The normalized spacial score (nSPS) is 12.1. The fraction of sp³-hybridized carbons (Fsp3) is 0.700. The quantitative estimate of drug-likeness (QED) is 0.548. The van der Waals surface area contributed by atoms with E-state index in [0.29, 0.717) is 25.0 Å². The van der Waals surface area contributed by atoms with E-state index in [1.807, 2.05) is 13.8 Å². The minimum absolute atomic E-state index is 0.270. The molecule has 3 N–H and O–H groups in total. The van der Waals surface area contributed by atoms with Gasteiger partial charge in [0.15, 0.2) is 0 Å². The Labute approximate surface area is 84.4 Å². The first-order valence-electron chi connectivity index (χ1n) is 4.90. The fourth-order valence-electron chi connectivity index (χ4n) is 1.33. The van der Waals surface area contributed by atoms with Gasteiger partial charge in [0, 0.05) is 11.6 Å². The molecule has 4 nitrogen and oxygen atoms in total. The van der Waals surface area contributed by atoms with Crippen LogP contribution in [0.15, 0.2) is 0 Å². The second-order valence-corrected chi connectivity index (χ2v) is 3.38. The van der Waals surface area contributed by atoms with Gasteiger partial charge in [-0.3, -0.25) is 5.41 Å². The van der Waals surface area contributed by atoms with Crippen molar-refractivity contribution < 1.29 is 9.90 Å². The molecule has 0 heterocycles. The molecule has 0 aliphatic heterocycles. The monoisotopic (exact) mass is 198 g/mol. The number of carbonyl (C=O) groups is 1. The summed E-state index contributed by atoms with van der Waals surface area (Å²) >= 11 is 0. The zero-order chi connectivity index (χ0) is 11.1. The zero-order valence-electron chi connectivity index (χ0n) is 8.76. The van der Waals surface area contributed by atoms with Crippen molar-refractivity contribution in [1.29, 1.82) is 10.8 Å². The third-order valence-electron chi connectivity index (χ3n) is 2.18. The maximum Gasteiger partial charge on any atom is 0.349 e. The van der Waals surface area contributed by atoms with E-state index in [0.717, 1.165) is 6.42 Å². The van der Waals surface area contributed by atoms with Gasteiger partial charge in [0.1, 0.15) is 5.71 Å². The number of carboxylic acid groups (broad SMARTS) is 1. The van der Waals surface area contributed by atoms with Crippen molar-refractivity contribution in [3.8, 4) is 0 Å². The van der Waals surface area contributed by atoms with Crippen molar-refractivity contribution in [1.82, 2.24) is 0 Å². The Bertz CT molecular complexity index is 236. The summed E-state index contributed by atoms with van der Waals surface area (Å²) in [5.41, 5.74) is 0.277. The molecule has 4 heteroatoms. The van der Waals surface area contributed by atoms with E-state index < -0.39 is 5.97 Å². The minimum Gasteiger partial charge on any atom is -0.477 e.